The lowest BCUT2D eigenvalue weighted by molar-refractivity contribution is -0.172. The van der Waals surface area contributed by atoms with E-state index in [1.807, 2.05) is 6.07 Å². The van der Waals surface area contributed by atoms with Crippen molar-refractivity contribution in [3.05, 3.63) is 51.3 Å². The molecule has 158 valence electrons. The van der Waals surface area contributed by atoms with Crippen molar-refractivity contribution in [3.63, 3.8) is 0 Å². The van der Waals surface area contributed by atoms with E-state index in [1.165, 1.54) is 6.34 Å². The van der Waals surface area contributed by atoms with Gasteiger partial charge >= 0.3 is 5.97 Å². The summed E-state index contributed by atoms with van der Waals surface area (Å²) in [6.45, 7) is 1.83. The molecule has 2 aromatic heterocycles. The molecule has 2 aliphatic rings. The second-order valence-electron chi connectivity index (χ2n) is 7.56. The molecule has 0 radical (unpaired) electrons. The highest BCUT2D eigenvalue weighted by atomic mass is 16.6. The summed E-state index contributed by atoms with van der Waals surface area (Å²) in [6.07, 6.45) is 1.30. The van der Waals surface area contributed by atoms with Crippen LogP contribution in [0.2, 0.25) is 0 Å². The number of nitrogens with zero attached hydrogens (tertiary/aromatic N) is 3. The first-order valence-electron chi connectivity index (χ1n) is 9.85. The quantitative estimate of drug-likeness (QED) is 0.293. The number of ether oxygens (including phenoxy) is 2. The number of aromatic nitrogens is 2. The summed E-state index contributed by atoms with van der Waals surface area (Å²) >= 11 is 0. The molecule has 0 amide bonds. The zero-order valence-corrected chi connectivity index (χ0v) is 17.0. The van der Waals surface area contributed by atoms with Crippen LogP contribution in [0.3, 0.4) is 0 Å². The van der Waals surface area contributed by atoms with Gasteiger partial charge in [-0.3, -0.25) is 4.79 Å². The molecule has 1 atom stereocenters. The molecule has 0 spiro atoms. The van der Waals surface area contributed by atoms with Crippen LogP contribution in [0, 0.1) is 0 Å². The van der Waals surface area contributed by atoms with Crippen LogP contribution >= 0.6 is 0 Å². The molecule has 4 heterocycles. The van der Waals surface area contributed by atoms with Crippen molar-refractivity contribution in [1.82, 2.24) is 9.55 Å². The Morgan fingerprint density at radius 1 is 1.39 bits per heavy atom. The minimum absolute atomic E-state index is 0.0986. The largest absolute Gasteiger partial charge is 0.494 e. The van der Waals surface area contributed by atoms with Gasteiger partial charge < -0.3 is 24.9 Å². The number of aliphatic hydroxyl groups is 1. The van der Waals surface area contributed by atoms with Crippen LogP contribution in [0.25, 0.3) is 22.3 Å². The average molecular weight is 420 g/mol. The molecule has 9 heteroatoms. The molecule has 3 aromatic rings. The number of carbonyl (C=O) groups excluding carboxylic acids is 1. The average Bonchev–Trinajstić information content (AvgIpc) is 3.13. The van der Waals surface area contributed by atoms with E-state index >= 15 is 0 Å². The van der Waals surface area contributed by atoms with E-state index in [-0.39, 0.29) is 18.6 Å². The van der Waals surface area contributed by atoms with Crippen molar-refractivity contribution in [2.24, 2.45) is 10.7 Å². The number of hydrogen-bond donors (Lipinski definition) is 2. The molecule has 31 heavy (non-hydrogen) atoms. The van der Waals surface area contributed by atoms with Gasteiger partial charge in [-0.15, -0.1) is 0 Å². The second-order valence-corrected chi connectivity index (χ2v) is 7.56. The third-order valence-corrected chi connectivity index (χ3v) is 6.04. The lowest BCUT2D eigenvalue weighted by Crippen LogP contribution is -2.44. The van der Waals surface area contributed by atoms with Crippen molar-refractivity contribution in [1.29, 1.82) is 0 Å². The zero-order valence-electron chi connectivity index (χ0n) is 17.0. The van der Waals surface area contributed by atoms with E-state index in [1.54, 1.807) is 36.8 Å². The van der Waals surface area contributed by atoms with E-state index in [0.717, 1.165) is 10.9 Å². The summed E-state index contributed by atoms with van der Waals surface area (Å²) < 4.78 is 12.2. The van der Waals surface area contributed by atoms with Crippen molar-refractivity contribution < 1.29 is 19.4 Å². The van der Waals surface area contributed by atoms with E-state index in [9.17, 15) is 14.7 Å². The monoisotopic (exact) mass is 420 g/mol. The Kier molecular flexibility index (Phi) is 4.13. The molecule has 3 N–H and O–H groups in total. The summed E-state index contributed by atoms with van der Waals surface area (Å²) in [5.41, 5.74) is 7.13. The van der Waals surface area contributed by atoms with E-state index < -0.39 is 11.6 Å². The van der Waals surface area contributed by atoms with Crippen LogP contribution in [0.15, 0.2) is 34.1 Å². The number of cyclic esters (lactones) is 1. The van der Waals surface area contributed by atoms with Crippen LogP contribution in [-0.4, -0.2) is 34.1 Å². The first kappa shape index (κ1) is 19.3. The number of nitrogens with two attached hydrogens (primary N) is 1. The van der Waals surface area contributed by atoms with Crippen LogP contribution in [0.1, 0.15) is 30.0 Å². The molecule has 0 saturated carbocycles. The SMILES string of the molecule is CC[C@@]1(O)C(=O)OCc2c1cc1n(c2=O)Cc2cc3c(OC)c(N=CN)ccc3nc2-1. The predicted molar refractivity (Wildman–Crippen MR) is 113 cm³/mol. The van der Waals surface area contributed by atoms with Crippen LogP contribution in [-0.2, 0) is 28.3 Å². The van der Waals surface area contributed by atoms with E-state index in [4.69, 9.17) is 20.2 Å². The molecule has 9 nitrogen and oxygen atoms in total. The number of benzene rings is 1. The first-order chi connectivity index (χ1) is 14.9. The van der Waals surface area contributed by atoms with E-state index in [0.29, 0.717) is 46.0 Å². The predicted octanol–water partition coefficient (Wildman–Crippen LogP) is 1.71. The molecule has 0 saturated heterocycles. The van der Waals surface area contributed by atoms with Gasteiger partial charge in [0.2, 0.25) is 0 Å². The number of hydrogen-bond acceptors (Lipinski definition) is 7. The third kappa shape index (κ3) is 2.53. The lowest BCUT2D eigenvalue weighted by atomic mass is 9.86. The standard InChI is InChI=1S/C22H20N4O5/c1-3-22(29)14-7-17-18-11(8-26(17)20(27)13(14)9-31-21(22)28)6-12-15(25-18)4-5-16(24-10-23)19(12)30-2/h4-7,10,29H,3,8-9H2,1-2H3,(H2,23,24)/t22-/m0/s1. The van der Waals surface area contributed by atoms with Crippen molar-refractivity contribution in [3.8, 4) is 17.1 Å². The highest BCUT2D eigenvalue weighted by Gasteiger charge is 2.45. The Hall–Kier alpha value is -3.72. The Morgan fingerprint density at radius 3 is 2.90 bits per heavy atom. The molecular weight excluding hydrogens is 400 g/mol. The topological polar surface area (TPSA) is 129 Å². The van der Waals surface area contributed by atoms with Gasteiger partial charge in [-0.1, -0.05) is 6.92 Å². The molecule has 1 aromatic carbocycles. The molecule has 0 aliphatic carbocycles. The normalized spacial score (nSPS) is 19.3. The maximum Gasteiger partial charge on any atom is 0.343 e. The molecular formula is C22H20N4O5. The van der Waals surface area contributed by atoms with Gasteiger partial charge in [0.15, 0.2) is 11.4 Å². The second kappa shape index (κ2) is 6.64. The third-order valence-electron chi connectivity index (χ3n) is 6.04. The maximum absolute atomic E-state index is 13.2. The van der Waals surface area contributed by atoms with Crippen molar-refractivity contribution in [2.45, 2.75) is 32.1 Å². The molecule has 0 fully saturated rings. The summed E-state index contributed by atoms with van der Waals surface area (Å²) in [6, 6.07) is 7.17. The lowest BCUT2D eigenvalue weighted by Gasteiger charge is -2.31. The summed E-state index contributed by atoms with van der Waals surface area (Å²) in [7, 11) is 1.55. The number of fused-ring (bicyclic) bond motifs is 5. The minimum Gasteiger partial charge on any atom is -0.494 e. The van der Waals surface area contributed by atoms with Crippen molar-refractivity contribution >= 4 is 28.9 Å². The number of aliphatic imine (C=N–C) groups is 1. The fourth-order valence-corrected chi connectivity index (χ4v) is 4.41. The Morgan fingerprint density at radius 2 is 2.19 bits per heavy atom. The van der Waals surface area contributed by atoms with E-state index in [2.05, 4.69) is 4.99 Å². The van der Waals surface area contributed by atoms with Gasteiger partial charge in [-0.2, -0.15) is 0 Å². The number of esters is 1. The maximum atomic E-state index is 13.2. The Labute approximate surface area is 176 Å². The molecule has 2 aliphatic heterocycles. The number of rotatable bonds is 3. The highest BCUT2D eigenvalue weighted by Crippen LogP contribution is 2.41. The minimum atomic E-state index is -1.85. The van der Waals surface area contributed by atoms with Crippen LogP contribution in [0.5, 0.6) is 5.75 Å². The number of methoxy groups -OCH3 is 1. The molecule has 0 unspecified atom stereocenters. The zero-order chi connectivity index (χ0) is 21.9. The van der Waals surface area contributed by atoms with Gasteiger partial charge in [0.25, 0.3) is 5.56 Å². The van der Waals surface area contributed by atoms with Gasteiger partial charge in [-0.05, 0) is 30.7 Å². The number of pyridine rings is 2. The van der Waals surface area contributed by atoms with Crippen molar-refractivity contribution in [2.75, 3.05) is 7.11 Å². The van der Waals surface area contributed by atoms with Crippen LogP contribution in [0.4, 0.5) is 5.69 Å². The van der Waals surface area contributed by atoms with Crippen LogP contribution < -0.4 is 16.0 Å². The summed E-state index contributed by atoms with van der Waals surface area (Å²) in [5, 5.41) is 11.7. The number of carbonyl (C=O) groups is 1. The van der Waals surface area contributed by atoms with Gasteiger partial charge in [0.1, 0.15) is 12.3 Å². The Bertz CT molecular complexity index is 1360. The Balaban J connectivity index is 1.76. The molecule has 0 bridgehead atoms. The van der Waals surface area contributed by atoms with Gasteiger partial charge in [0, 0.05) is 16.5 Å². The first-order valence-corrected chi connectivity index (χ1v) is 9.85. The molecule has 5 rings (SSSR count). The fraction of sp³-hybridized carbons (Fsp3) is 0.273. The summed E-state index contributed by atoms with van der Waals surface area (Å²) in [5.74, 6) is -0.203. The highest BCUT2D eigenvalue weighted by molar-refractivity contribution is 5.93. The summed E-state index contributed by atoms with van der Waals surface area (Å²) in [4.78, 5) is 34.4. The smallest absolute Gasteiger partial charge is 0.343 e. The van der Waals surface area contributed by atoms with Gasteiger partial charge in [0.05, 0.1) is 42.5 Å². The van der Waals surface area contributed by atoms with Gasteiger partial charge in [-0.25, -0.2) is 14.8 Å². The fourth-order valence-electron chi connectivity index (χ4n) is 4.41.